The fourth-order valence-corrected chi connectivity index (χ4v) is 4.28. The number of thioether (sulfide) groups is 1. The highest BCUT2D eigenvalue weighted by Gasteiger charge is 2.26. The number of hydrogen-bond acceptors (Lipinski definition) is 4. The van der Waals surface area contributed by atoms with E-state index in [1.165, 1.54) is 43.1 Å². The molecule has 1 aromatic carbocycles. The monoisotopic (exact) mass is 357 g/mol. The molecule has 0 unspecified atom stereocenters. The molecule has 0 bridgehead atoms. The van der Waals surface area contributed by atoms with Crippen LogP contribution in [0.3, 0.4) is 0 Å². The van der Waals surface area contributed by atoms with E-state index in [0.717, 1.165) is 41.8 Å². The standard InChI is InChI=1S/C20H27N3OS/c1-3-22(4-2)17-11-9-16(10-12-17)15-18-19(24)21-20(25-18)23-13-7-5-6-8-14-23/h9-12,15H,3-8,13-14H2,1-2H3/b18-15-. The van der Waals surface area contributed by atoms with E-state index in [-0.39, 0.29) is 5.91 Å². The molecule has 1 aromatic rings. The first-order valence-electron chi connectivity index (χ1n) is 9.33. The van der Waals surface area contributed by atoms with Gasteiger partial charge in [-0.1, -0.05) is 25.0 Å². The number of hydrogen-bond donors (Lipinski definition) is 0. The molecule has 25 heavy (non-hydrogen) atoms. The maximum Gasteiger partial charge on any atom is 0.286 e. The SMILES string of the molecule is CCN(CC)c1ccc(/C=C2\SC(N3CCCCCC3)=NC2=O)cc1. The molecule has 2 aliphatic rings. The van der Waals surface area contributed by atoms with Gasteiger partial charge in [0.2, 0.25) is 0 Å². The lowest BCUT2D eigenvalue weighted by Gasteiger charge is -2.21. The topological polar surface area (TPSA) is 35.9 Å². The Morgan fingerprint density at radius 1 is 1.08 bits per heavy atom. The number of amides is 1. The first-order chi connectivity index (χ1) is 12.2. The second-order valence-electron chi connectivity index (χ2n) is 6.48. The van der Waals surface area contributed by atoms with Crippen molar-refractivity contribution in [3.05, 3.63) is 34.7 Å². The Labute approximate surface area is 155 Å². The van der Waals surface area contributed by atoms with Crippen LogP contribution in [-0.2, 0) is 4.79 Å². The van der Waals surface area contributed by atoms with Crippen LogP contribution < -0.4 is 4.90 Å². The number of benzene rings is 1. The number of rotatable bonds is 4. The largest absolute Gasteiger partial charge is 0.372 e. The Hall–Kier alpha value is -1.75. The van der Waals surface area contributed by atoms with Crippen LogP contribution in [0.5, 0.6) is 0 Å². The third kappa shape index (κ3) is 4.46. The lowest BCUT2D eigenvalue weighted by Crippen LogP contribution is -2.28. The zero-order valence-corrected chi connectivity index (χ0v) is 16.0. The van der Waals surface area contributed by atoms with Crippen molar-refractivity contribution in [2.75, 3.05) is 31.1 Å². The maximum atomic E-state index is 12.3. The molecule has 0 atom stereocenters. The lowest BCUT2D eigenvalue weighted by molar-refractivity contribution is -0.113. The third-order valence-electron chi connectivity index (χ3n) is 4.81. The molecule has 0 aromatic heterocycles. The first-order valence-corrected chi connectivity index (χ1v) is 10.2. The summed E-state index contributed by atoms with van der Waals surface area (Å²) in [7, 11) is 0. The van der Waals surface area contributed by atoms with E-state index >= 15 is 0 Å². The average Bonchev–Trinajstić information content (AvgIpc) is 2.84. The molecule has 1 amide bonds. The number of carbonyl (C=O) groups excluding carboxylic acids is 1. The van der Waals surface area contributed by atoms with Crippen molar-refractivity contribution >= 4 is 34.6 Å². The smallest absolute Gasteiger partial charge is 0.286 e. The van der Waals surface area contributed by atoms with E-state index in [4.69, 9.17) is 0 Å². The highest BCUT2D eigenvalue weighted by molar-refractivity contribution is 8.18. The molecule has 4 nitrogen and oxygen atoms in total. The number of aliphatic imine (C=N–C) groups is 1. The molecule has 2 aliphatic heterocycles. The van der Waals surface area contributed by atoms with Gasteiger partial charge in [0.1, 0.15) is 0 Å². The molecular formula is C20H27N3OS. The number of carbonyl (C=O) groups is 1. The van der Waals surface area contributed by atoms with Gasteiger partial charge in [0, 0.05) is 31.9 Å². The van der Waals surface area contributed by atoms with Crippen LogP contribution in [0.25, 0.3) is 6.08 Å². The van der Waals surface area contributed by atoms with Crippen LogP contribution in [0.1, 0.15) is 45.1 Å². The van der Waals surface area contributed by atoms with Gasteiger partial charge in [-0.2, -0.15) is 4.99 Å². The summed E-state index contributed by atoms with van der Waals surface area (Å²) in [6.45, 7) is 8.36. The van der Waals surface area contributed by atoms with Crippen molar-refractivity contribution in [1.29, 1.82) is 0 Å². The van der Waals surface area contributed by atoms with Crippen molar-refractivity contribution in [3.63, 3.8) is 0 Å². The number of nitrogens with zero attached hydrogens (tertiary/aromatic N) is 3. The van der Waals surface area contributed by atoms with Gasteiger partial charge in [0.05, 0.1) is 4.91 Å². The minimum atomic E-state index is -0.0999. The number of amidine groups is 1. The van der Waals surface area contributed by atoms with Crippen LogP contribution in [0.15, 0.2) is 34.2 Å². The Morgan fingerprint density at radius 2 is 1.72 bits per heavy atom. The second kappa shape index (κ2) is 8.56. The van der Waals surface area contributed by atoms with Crippen LogP contribution in [0.4, 0.5) is 5.69 Å². The summed E-state index contributed by atoms with van der Waals surface area (Å²) in [6, 6.07) is 8.41. The molecule has 5 heteroatoms. The summed E-state index contributed by atoms with van der Waals surface area (Å²) in [6.07, 6.45) is 6.92. The van der Waals surface area contributed by atoms with Crippen LogP contribution in [0.2, 0.25) is 0 Å². The Kier molecular flexibility index (Phi) is 6.19. The summed E-state index contributed by atoms with van der Waals surface area (Å²) in [5.41, 5.74) is 2.28. The molecule has 0 spiro atoms. The summed E-state index contributed by atoms with van der Waals surface area (Å²) >= 11 is 1.53. The summed E-state index contributed by atoms with van der Waals surface area (Å²) < 4.78 is 0. The Bertz CT molecular complexity index is 654. The van der Waals surface area contributed by atoms with Gasteiger partial charge >= 0.3 is 0 Å². The van der Waals surface area contributed by atoms with E-state index in [1.54, 1.807) is 0 Å². The van der Waals surface area contributed by atoms with Gasteiger partial charge in [-0.25, -0.2) is 0 Å². The van der Waals surface area contributed by atoms with Crippen LogP contribution >= 0.6 is 11.8 Å². The van der Waals surface area contributed by atoms with Gasteiger partial charge in [-0.05, 0) is 62.2 Å². The number of anilines is 1. The number of likely N-dealkylation sites (tertiary alicyclic amines) is 1. The molecule has 0 saturated carbocycles. The molecule has 2 heterocycles. The first kappa shape index (κ1) is 18.1. The van der Waals surface area contributed by atoms with E-state index in [2.05, 4.69) is 52.9 Å². The van der Waals surface area contributed by atoms with Gasteiger partial charge in [-0.15, -0.1) is 0 Å². The molecule has 134 valence electrons. The molecule has 0 radical (unpaired) electrons. The molecule has 1 saturated heterocycles. The average molecular weight is 358 g/mol. The lowest BCUT2D eigenvalue weighted by atomic mass is 10.2. The van der Waals surface area contributed by atoms with Crippen LogP contribution in [-0.4, -0.2) is 42.2 Å². The fraction of sp³-hybridized carbons (Fsp3) is 0.500. The maximum absolute atomic E-state index is 12.3. The normalized spacial score (nSPS) is 19.9. The van der Waals surface area contributed by atoms with Gasteiger partial charge < -0.3 is 9.80 Å². The summed E-state index contributed by atoms with van der Waals surface area (Å²) in [4.78, 5) is 21.9. The minimum absolute atomic E-state index is 0.0999. The predicted molar refractivity (Wildman–Crippen MR) is 108 cm³/mol. The second-order valence-corrected chi connectivity index (χ2v) is 7.48. The van der Waals surface area contributed by atoms with Gasteiger partial charge in [-0.3, -0.25) is 4.79 Å². The molecule has 0 aliphatic carbocycles. The van der Waals surface area contributed by atoms with Crippen LogP contribution in [0, 0.1) is 0 Å². The van der Waals surface area contributed by atoms with Crippen molar-refractivity contribution in [1.82, 2.24) is 4.90 Å². The quantitative estimate of drug-likeness (QED) is 0.749. The van der Waals surface area contributed by atoms with E-state index < -0.39 is 0 Å². The third-order valence-corrected chi connectivity index (χ3v) is 5.85. The highest BCUT2D eigenvalue weighted by Crippen LogP contribution is 2.31. The molecule has 1 fully saturated rings. The van der Waals surface area contributed by atoms with E-state index in [9.17, 15) is 4.79 Å². The van der Waals surface area contributed by atoms with Gasteiger partial charge in [0.15, 0.2) is 5.17 Å². The molecule has 3 rings (SSSR count). The summed E-state index contributed by atoms with van der Waals surface area (Å²) in [5.74, 6) is -0.0999. The predicted octanol–water partition coefficient (Wildman–Crippen LogP) is 4.38. The van der Waals surface area contributed by atoms with Crippen molar-refractivity contribution in [2.24, 2.45) is 4.99 Å². The van der Waals surface area contributed by atoms with Crippen molar-refractivity contribution < 1.29 is 4.79 Å². The minimum Gasteiger partial charge on any atom is -0.372 e. The van der Waals surface area contributed by atoms with Gasteiger partial charge in [0.25, 0.3) is 5.91 Å². The zero-order chi connectivity index (χ0) is 17.6. The summed E-state index contributed by atoms with van der Waals surface area (Å²) in [5, 5.41) is 0.887. The molecular weight excluding hydrogens is 330 g/mol. The van der Waals surface area contributed by atoms with E-state index in [1.807, 2.05) is 6.08 Å². The fourth-order valence-electron chi connectivity index (χ4n) is 3.32. The van der Waals surface area contributed by atoms with Crippen molar-refractivity contribution in [3.8, 4) is 0 Å². The highest BCUT2D eigenvalue weighted by atomic mass is 32.2. The van der Waals surface area contributed by atoms with Crippen molar-refractivity contribution in [2.45, 2.75) is 39.5 Å². The van der Waals surface area contributed by atoms with E-state index in [0.29, 0.717) is 0 Å². The molecule has 0 N–H and O–H groups in total. The zero-order valence-electron chi connectivity index (χ0n) is 15.2. The Morgan fingerprint density at radius 3 is 2.32 bits per heavy atom. The Balaban J connectivity index is 1.69.